The molecular weight excluding hydrogens is 553 g/mol. The number of nitrogens with zero attached hydrogens (tertiary/aromatic N) is 1. The van der Waals surface area contributed by atoms with Crippen molar-refractivity contribution in [3.05, 3.63) is 85.9 Å². The average molecular weight is 578 g/mol. The van der Waals surface area contributed by atoms with E-state index in [1.165, 1.54) is 18.1 Å². The number of halogens is 2. The monoisotopic (exact) mass is 577 g/mol. The first kappa shape index (κ1) is 26.5. The van der Waals surface area contributed by atoms with Crippen molar-refractivity contribution < 1.29 is 29.0 Å². The Balaban J connectivity index is 1.50. The minimum absolute atomic E-state index is 0.0313. The fourth-order valence-electron chi connectivity index (χ4n) is 6.65. The molecule has 4 atom stereocenters. The lowest BCUT2D eigenvalue weighted by atomic mass is 9.59. The molecule has 0 bridgehead atoms. The zero-order valence-electron chi connectivity index (χ0n) is 22.0. The van der Waals surface area contributed by atoms with Gasteiger partial charge in [0.1, 0.15) is 0 Å². The Hall–Kier alpha value is -3.68. The number of amides is 2. The Morgan fingerprint density at radius 1 is 0.975 bits per heavy atom. The number of aromatic hydroxyl groups is 1. The van der Waals surface area contributed by atoms with Crippen LogP contribution in [0.25, 0.3) is 0 Å². The van der Waals surface area contributed by atoms with Crippen LogP contribution in [0.5, 0.6) is 11.5 Å². The van der Waals surface area contributed by atoms with Gasteiger partial charge in [-0.05, 0) is 74.1 Å². The van der Waals surface area contributed by atoms with Gasteiger partial charge in [0, 0.05) is 27.7 Å². The first-order valence-electron chi connectivity index (χ1n) is 12.9. The number of imide groups is 1. The molecule has 3 aliphatic carbocycles. The molecule has 1 N–H and O–H groups in total. The first-order valence-corrected chi connectivity index (χ1v) is 13.7. The number of carbonyl (C=O) groups excluding carboxylic acids is 4. The fourth-order valence-corrected chi connectivity index (χ4v) is 7.05. The van der Waals surface area contributed by atoms with Gasteiger partial charge in [0.25, 0.3) is 0 Å². The average Bonchev–Trinajstić information content (AvgIpc) is 3.18. The van der Waals surface area contributed by atoms with Crippen LogP contribution in [-0.4, -0.2) is 35.6 Å². The number of ketones is 2. The van der Waals surface area contributed by atoms with Gasteiger partial charge in [-0.15, -0.1) is 0 Å². The molecule has 1 fully saturated rings. The van der Waals surface area contributed by atoms with Gasteiger partial charge in [-0.1, -0.05) is 40.9 Å². The van der Waals surface area contributed by atoms with E-state index < -0.39 is 23.7 Å². The topological polar surface area (TPSA) is 101 Å². The molecular formula is C31H25Cl2NO6. The van der Waals surface area contributed by atoms with Crippen molar-refractivity contribution in [1.29, 1.82) is 0 Å². The van der Waals surface area contributed by atoms with Crippen LogP contribution in [0.15, 0.2) is 64.8 Å². The Bertz CT molecular complexity index is 1650. The van der Waals surface area contributed by atoms with E-state index >= 15 is 0 Å². The lowest BCUT2D eigenvalue weighted by Crippen LogP contribution is -2.39. The summed E-state index contributed by atoms with van der Waals surface area (Å²) in [5.74, 6) is -3.83. The van der Waals surface area contributed by atoms with E-state index in [9.17, 15) is 24.3 Å². The lowest BCUT2D eigenvalue weighted by Gasteiger charge is -2.42. The normalized spacial score (nSPS) is 25.9. The summed E-state index contributed by atoms with van der Waals surface area (Å²) in [4.78, 5) is 55.7. The van der Waals surface area contributed by atoms with Crippen LogP contribution in [0.3, 0.4) is 0 Å². The number of Topliss-reactive ketones (excluding diaryl/α,β-unsaturated/α-hetero) is 1. The molecule has 9 heteroatoms. The van der Waals surface area contributed by atoms with Crippen molar-refractivity contribution >= 4 is 52.3 Å². The summed E-state index contributed by atoms with van der Waals surface area (Å²) < 4.78 is 5.33. The summed E-state index contributed by atoms with van der Waals surface area (Å²) in [6.07, 6.45) is 3.73. The van der Waals surface area contributed by atoms with Crippen LogP contribution < -0.4 is 9.64 Å². The summed E-state index contributed by atoms with van der Waals surface area (Å²) in [5.41, 5.74) is 3.57. The Morgan fingerprint density at radius 2 is 1.73 bits per heavy atom. The Labute approximate surface area is 240 Å². The van der Waals surface area contributed by atoms with E-state index in [4.69, 9.17) is 27.9 Å². The van der Waals surface area contributed by atoms with Gasteiger partial charge in [-0.3, -0.25) is 19.2 Å². The molecule has 0 aromatic heterocycles. The van der Waals surface area contributed by atoms with Crippen molar-refractivity contribution in [2.45, 2.75) is 32.6 Å². The molecule has 1 heterocycles. The molecule has 1 saturated heterocycles. The smallest absolute Gasteiger partial charge is 0.238 e. The highest BCUT2D eigenvalue weighted by Gasteiger charge is 2.56. The zero-order valence-corrected chi connectivity index (χ0v) is 23.5. The lowest BCUT2D eigenvalue weighted by molar-refractivity contribution is -0.123. The maximum Gasteiger partial charge on any atom is 0.238 e. The van der Waals surface area contributed by atoms with Crippen molar-refractivity contribution in [3.8, 4) is 11.5 Å². The van der Waals surface area contributed by atoms with Gasteiger partial charge in [0.15, 0.2) is 23.1 Å². The third-order valence-corrected chi connectivity index (χ3v) is 9.28. The molecule has 2 amide bonds. The second-order valence-corrected chi connectivity index (χ2v) is 11.5. The van der Waals surface area contributed by atoms with E-state index in [1.54, 1.807) is 37.3 Å². The number of fused-ring (bicyclic) bond motifs is 3. The predicted octanol–water partition coefficient (Wildman–Crippen LogP) is 5.65. The number of methoxy groups -OCH3 is 1. The third kappa shape index (κ3) is 3.79. The number of hydrogen-bond acceptors (Lipinski definition) is 6. The highest BCUT2D eigenvalue weighted by atomic mass is 35.5. The number of carbonyl (C=O) groups is 4. The number of aryl methyl sites for hydroxylation is 1. The van der Waals surface area contributed by atoms with Crippen molar-refractivity contribution in [3.63, 3.8) is 0 Å². The second kappa shape index (κ2) is 9.46. The molecule has 2 aromatic carbocycles. The largest absolute Gasteiger partial charge is 0.503 e. The Morgan fingerprint density at radius 3 is 2.42 bits per heavy atom. The number of hydrogen-bond donors (Lipinski definition) is 1. The molecule has 204 valence electrons. The summed E-state index contributed by atoms with van der Waals surface area (Å²) in [6.45, 7) is 3.44. The highest BCUT2D eigenvalue weighted by molar-refractivity contribution is 6.33. The van der Waals surface area contributed by atoms with Crippen molar-refractivity contribution in [1.82, 2.24) is 0 Å². The highest BCUT2D eigenvalue weighted by Crippen LogP contribution is 2.56. The second-order valence-electron chi connectivity index (χ2n) is 10.7. The molecule has 1 aliphatic heterocycles. The van der Waals surface area contributed by atoms with Crippen molar-refractivity contribution in [2.24, 2.45) is 17.8 Å². The van der Waals surface area contributed by atoms with Crippen LogP contribution in [-0.2, 0) is 19.2 Å². The van der Waals surface area contributed by atoms with Crippen LogP contribution in [0, 0.1) is 24.7 Å². The molecule has 7 nitrogen and oxygen atoms in total. The van der Waals surface area contributed by atoms with Gasteiger partial charge in [-0.2, -0.15) is 0 Å². The quantitative estimate of drug-likeness (QED) is 0.287. The van der Waals surface area contributed by atoms with Gasteiger partial charge in [0.2, 0.25) is 11.8 Å². The molecule has 0 radical (unpaired) electrons. The van der Waals surface area contributed by atoms with Crippen LogP contribution >= 0.6 is 23.2 Å². The summed E-state index contributed by atoms with van der Waals surface area (Å²) in [5, 5.41) is 10.8. The minimum atomic E-state index is -0.715. The van der Waals surface area contributed by atoms with Crippen LogP contribution in [0.2, 0.25) is 10.0 Å². The molecule has 0 saturated carbocycles. The maximum absolute atomic E-state index is 14.0. The van der Waals surface area contributed by atoms with E-state index in [-0.39, 0.29) is 46.3 Å². The molecule has 40 heavy (non-hydrogen) atoms. The number of benzene rings is 2. The number of ether oxygens (including phenoxy) is 1. The van der Waals surface area contributed by atoms with Gasteiger partial charge in [0.05, 0.1) is 29.7 Å². The first-order chi connectivity index (χ1) is 19.0. The Kier molecular flexibility index (Phi) is 6.28. The standard InChI is InChI=1S/C31H25Cl2NO6/c1-13-4-5-16(11-21(13)32)34-30(38)18-7-6-17-19(26(18)31(34)39)12-20-27(23(35)8-14(2)28(20)36)25(17)15-9-22(33)29(37)24(10-15)40-3/h4-6,8-11,18-19,25-26,37H,7,12H2,1-3H3. The van der Waals surface area contributed by atoms with E-state index in [2.05, 4.69) is 0 Å². The number of anilines is 1. The van der Waals surface area contributed by atoms with E-state index in [1.807, 2.05) is 13.0 Å². The number of allylic oxidation sites excluding steroid dienone is 6. The van der Waals surface area contributed by atoms with E-state index in [0.717, 1.165) is 11.1 Å². The number of rotatable bonds is 3. The maximum atomic E-state index is 14.0. The van der Waals surface area contributed by atoms with Gasteiger partial charge >= 0.3 is 0 Å². The van der Waals surface area contributed by atoms with Gasteiger partial charge in [-0.25, -0.2) is 4.90 Å². The van der Waals surface area contributed by atoms with Gasteiger partial charge < -0.3 is 9.84 Å². The van der Waals surface area contributed by atoms with Crippen LogP contribution in [0.4, 0.5) is 5.69 Å². The zero-order chi connectivity index (χ0) is 28.6. The number of phenolic OH excluding ortho intramolecular Hbond substituents is 1. The van der Waals surface area contributed by atoms with Crippen molar-refractivity contribution in [2.75, 3.05) is 12.0 Å². The van der Waals surface area contributed by atoms with Crippen LogP contribution in [0.1, 0.15) is 36.8 Å². The summed E-state index contributed by atoms with van der Waals surface area (Å²) in [6, 6.07) is 8.23. The number of phenols is 1. The molecule has 4 aliphatic rings. The molecule has 4 unspecified atom stereocenters. The fraction of sp³-hybridized carbons (Fsp3) is 0.290. The molecule has 0 spiro atoms. The molecule has 6 rings (SSSR count). The van der Waals surface area contributed by atoms with E-state index in [0.29, 0.717) is 39.4 Å². The summed E-state index contributed by atoms with van der Waals surface area (Å²) in [7, 11) is 1.39. The SMILES string of the molecule is COc1cc(C2C3=CCC4C(=O)N(c5ccc(C)c(Cl)c5)C(=O)C4C3CC3=C2C(=O)C=C(C)C3=O)cc(Cl)c1O. The third-order valence-electron chi connectivity index (χ3n) is 8.58. The summed E-state index contributed by atoms with van der Waals surface area (Å²) >= 11 is 12.7. The minimum Gasteiger partial charge on any atom is -0.503 e. The predicted molar refractivity (Wildman–Crippen MR) is 150 cm³/mol. The molecule has 2 aromatic rings.